The number of sulfonamides is 1. The molecule has 0 fully saturated rings. The van der Waals surface area contributed by atoms with Crippen LogP contribution in [0.5, 0.6) is 0 Å². The summed E-state index contributed by atoms with van der Waals surface area (Å²) in [4.78, 5) is 12.2. The average Bonchev–Trinajstić information content (AvgIpc) is 2.80. The minimum Gasteiger partial charge on any atom is -0.332 e. The van der Waals surface area contributed by atoms with E-state index in [1.54, 1.807) is 55.5 Å². The molecule has 9 heteroatoms. The lowest BCUT2D eigenvalue weighted by Crippen LogP contribution is -2.33. The second kappa shape index (κ2) is 10.8. The zero-order chi connectivity index (χ0) is 23.8. The van der Waals surface area contributed by atoms with Gasteiger partial charge in [-0.2, -0.15) is 0 Å². The minimum absolute atomic E-state index is 0.0545. The Bertz CT molecular complexity index is 1240. The summed E-state index contributed by atoms with van der Waals surface area (Å²) in [7, 11) is -3.73. The Kier molecular flexibility index (Phi) is 7.92. The van der Waals surface area contributed by atoms with Gasteiger partial charge in [-0.05, 0) is 79.3 Å². The highest BCUT2D eigenvalue weighted by atomic mass is 32.2. The van der Waals surface area contributed by atoms with Gasteiger partial charge in [-0.25, -0.2) is 12.8 Å². The van der Waals surface area contributed by atoms with Gasteiger partial charge in [0.05, 0.1) is 10.6 Å². The van der Waals surface area contributed by atoms with E-state index >= 15 is 0 Å². The predicted molar refractivity (Wildman–Crippen MR) is 133 cm³/mol. The molecule has 0 aliphatic rings. The van der Waals surface area contributed by atoms with Crippen LogP contribution >= 0.6 is 12.2 Å². The van der Waals surface area contributed by atoms with E-state index in [0.29, 0.717) is 16.9 Å². The fourth-order valence-electron chi connectivity index (χ4n) is 2.98. The van der Waals surface area contributed by atoms with E-state index in [0.717, 1.165) is 0 Å². The Balaban J connectivity index is 1.62. The van der Waals surface area contributed by atoms with E-state index in [9.17, 15) is 17.6 Å². The van der Waals surface area contributed by atoms with E-state index in [4.69, 9.17) is 12.2 Å². The standard InChI is InChI=1S/C24H22FN3O3S2/c1-2-28(21-6-4-3-5-7-21)33(30,31)22-15-13-20(14-16-22)26-24(32)27-23(29)17-10-18-8-11-19(25)12-9-18/h3-17H,2H2,1H3,(H2,26,27,29,32)/b17-10+. The number of carbonyl (C=O) groups excluding carboxylic acids is 1. The smallest absolute Gasteiger partial charge is 0.264 e. The van der Waals surface area contributed by atoms with Crippen molar-refractivity contribution >= 4 is 50.7 Å². The number of hydrogen-bond donors (Lipinski definition) is 2. The van der Waals surface area contributed by atoms with Gasteiger partial charge in [-0.3, -0.25) is 14.4 Å². The third-order valence-electron chi connectivity index (χ3n) is 4.57. The third kappa shape index (κ3) is 6.47. The number of anilines is 2. The summed E-state index contributed by atoms with van der Waals surface area (Å²) in [5.74, 6) is -0.819. The first-order valence-electron chi connectivity index (χ1n) is 10.0. The van der Waals surface area contributed by atoms with Gasteiger partial charge in [0.1, 0.15) is 5.82 Å². The topological polar surface area (TPSA) is 78.5 Å². The lowest BCUT2D eigenvalue weighted by atomic mass is 10.2. The molecule has 0 atom stereocenters. The number of nitrogens with one attached hydrogen (secondary N) is 2. The summed E-state index contributed by atoms with van der Waals surface area (Å²) in [6.45, 7) is 2.06. The molecule has 0 saturated carbocycles. The summed E-state index contributed by atoms with van der Waals surface area (Å²) < 4.78 is 40.3. The van der Waals surface area contributed by atoms with Crippen molar-refractivity contribution in [3.05, 3.63) is 96.3 Å². The highest BCUT2D eigenvalue weighted by molar-refractivity contribution is 7.92. The molecule has 0 heterocycles. The first kappa shape index (κ1) is 24.1. The molecule has 6 nitrogen and oxygen atoms in total. The molecule has 0 aromatic heterocycles. The van der Waals surface area contributed by atoms with Crippen LogP contribution in [0.1, 0.15) is 12.5 Å². The van der Waals surface area contributed by atoms with Crippen molar-refractivity contribution in [3.8, 4) is 0 Å². The summed E-state index contributed by atoms with van der Waals surface area (Å²) in [5, 5.41) is 5.39. The van der Waals surface area contributed by atoms with Crippen molar-refractivity contribution in [1.29, 1.82) is 0 Å². The fraction of sp³-hybridized carbons (Fsp3) is 0.0833. The second-order valence-electron chi connectivity index (χ2n) is 6.86. The average molecular weight is 484 g/mol. The number of hydrogen-bond acceptors (Lipinski definition) is 4. The van der Waals surface area contributed by atoms with Crippen LogP contribution in [-0.2, 0) is 14.8 Å². The Labute approximate surface area is 197 Å². The molecule has 170 valence electrons. The number of amides is 1. The number of para-hydroxylation sites is 1. The third-order valence-corrected chi connectivity index (χ3v) is 6.69. The van der Waals surface area contributed by atoms with Crippen molar-refractivity contribution in [2.45, 2.75) is 11.8 Å². The molecule has 3 rings (SSSR count). The van der Waals surface area contributed by atoms with Crippen LogP contribution in [0.15, 0.2) is 89.8 Å². The van der Waals surface area contributed by atoms with Crippen molar-refractivity contribution in [1.82, 2.24) is 5.32 Å². The summed E-state index contributed by atoms with van der Waals surface area (Å²) >= 11 is 5.14. The monoisotopic (exact) mass is 483 g/mol. The van der Waals surface area contributed by atoms with Crippen LogP contribution in [0.25, 0.3) is 6.08 Å². The maximum Gasteiger partial charge on any atom is 0.264 e. The lowest BCUT2D eigenvalue weighted by Gasteiger charge is -2.23. The van der Waals surface area contributed by atoms with E-state index in [1.165, 1.54) is 40.7 Å². The van der Waals surface area contributed by atoms with E-state index < -0.39 is 15.9 Å². The normalized spacial score (nSPS) is 11.2. The van der Waals surface area contributed by atoms with Gasteiger partial charge >= 0.3 is 0 Å². The van der Waals surface area contributed by atoms with E-state index in [2.05, 4.69) is 10.6 Å². The molecular weight excluding hydrogens is 461 g/mol. The van der Waals surface area contributed by atoms with Gasteiger partial charge in [-0.15, -0.1) is 0 Å². The summed E-state index contributed by atoms with van der Waals surface area (Å²) in [5.41, 5.74) is 1.77. The van der Waals surface area contributed by atoms with Gasteiger partial charge < -0.3 is 5.32 Å². The second-order valence-corrected chi connectivity index (χ2v) is 9.13. The van der Waals surface area contributed by atoms with Crippen molar-refractivity contribution in [3.63, 3.8) is 0 Å². The number of carbonyl (C=O) groups is 1. The van der Waals surface area contributed by atoms with Gasteiger partial charge in [0, 0.05) is 18.3 Å². The zero-order valence-corrected chi connectivity index (χ0v) is 19.4. The number of nitrogens with zero attached hydrogens (tertiary/aromatic N) is 1. The van der Waals surface area contributed by atoms with Gasteiger partial charge in [0.25, 0.3) is 10.0 Å². The number of thiocarbonyl (C=S) groups is 1. The molecule has 0 radical (unpaired) electrons. The molecule has 0 aliphatic carbocycles. The highest BCUT2D eigenvalue weighted by Gasteiger charge is 2.23. The Morgan fingerprint density at radius 2 is 1.64 bits per heavy atom. The molecule has 1 amide bonds. The molecule has 0 bridgehead atoms. The first-order valence-corrected chi connectivity index (χ1v) is 11.9. The minimum atomic E-state index is -3.73. The summed E-state index contributed by atoms with van der Waals surface area (Å²) in [6, 6.07) is 20.6. The molecule has 0 aliphatic heterocycles. The van der Waals surface area contributed by atoms with E-state index in [1.807, 2.05) is 6.07 Å². The zero-order valence-electron chi connectivity index (χ0n) is 17.7. The van der Waals surface area contributed by atoms with Crippen molar-refractivity contribution in [2.24, 2.45) is 0 Å². The van der Waals surface area contributed by atoms with Gasteiger partial charge in [0.2, 0.25) is 5.91 Å². The van der Waals surface area contributed by atoms with Crippen LogP contribution < -0.4 is 14.9 Å². The maximum atomic E-state index is 13.0. The number of benzene rings is 3. The molecule has 2 N–H and O–H groups in total. The van der Waals surface area contributed by atoms with Crippen molar-refractivity contribution in [2.75, 3.05) is 16.2 Å². The first-order chi connectivity index (χ1) is 15.8. The van der Waals surface area contributed by atoms with Gasteiger partial charge in [-0.1, -0.05) is 30.3 Å². The SMILES string of the molecule is CCN(c1ccccc1)S(=O)(=O)c1ccc(NC(=S)NC(=O)/C=C/c2ccc(F)cc2)cc1. The quantitative estimate of drug-likeness (QED) is 0.380. The van der Waals surface area contributed by atoms with Gasteiger partial charge in [0.15, 0.2) is 5.11 Å². The van der Waals surface area contributed by atoms with E-state index in [-0.39, 0.29) is 22.4 Å². The molecule has 3 aromatic rings. The van der Waals surface area contributed by atoms with Crippen LogP contribution in [0.2, 0.25) is 0 Å². The fourth-order valence-corrected chi connectivity index (χ4v) is 4.68. The molecular formula is C24H22FN3O3S2. The summed E-state index contributed by atoms with van der Waals surface area (Å²) in [6.07, 6.45) is 2.81. The largest absolute Gasteiger partial charge is 0.332 e. The van der Waals surface area contributed by atoms with Crippen LogP contribution in [0.3, 0.4) is 0 Å². The van der Waals surface area contributed by atoms with Crippen LogP contribution in [0, 0.1) is 5.82 Å². The van der Waals surface area contributed by atoms with Crippen LogP contribution in [-0.4, -0.2) is 26.0 Å². The number of rotatable bonds is 7. The molecule has 0 unspecified atom stereocenters. The number of halogens is 1. The van der Waals surface area contributed by atoms with Crippen LogP contribution in [0.4, 0.5) is 15.8 Å². The molecule has 3 aromatic carbocycles. The highest BCUT2D eigenvalue weighted by Crippen LogP contribution is 2.24. The predicted octanol–water partition coefficient (Wildman–Crippen LogP) is 4.57. The van der Waals surface area contributed by atoms with Crippen molar-refractivity contribution < 1.29 is 17.6 Å². The molecule has 33 heavy (non-hydrogen) atoms. The Hall–Kier alpha value is -3.56. The lowest BCUT2D eigenvalue weighted by molar-refractivity contribution is -0.115. The molecule has 0 saturated heterocycles. The Morgan fingerprint density at radius 3 is 2.24 bits per heavy atom. The Morgan fingerprint density at radius 1 is 1.00 bits per heavy atom. The molecule has 0 spiro atoms. The maximum absolute atomic E-state index is 13.0.